The van der Waals surface area contributed by atoms with Crippen molar-refractivity contribution in [2.75, 3.05) is 10.6 Å². The summed E-state index contributed by atoms with van der Waals surface area (Å²) in [5.41, 5.74) is 0.167. The minimum Gasteiger partial charge on any atom is -0.457 e. The van der Waals surface area contributed by atoms with Gasteiger partial charge in [-0.05, 0) is 60.7 Å². The second kappa shape index (κ2) is 10.8. The predicted molar refractivity (Wildman–Crippen MR) is 120 cm³/mol. The summed E-state index contributed by atoms with van der Waals surface area (Å²) in [6.07, 6.45) is 0. The molecule has 0 bridgehead atoms. The molecule has 0 heterocycles. The van der Waals surface area contributed by atoms with Crippen molar-refractivity contribution in [3.63, 3.8) is 0 Å². The van der Waals surface area contributed by atoms with Crippen LogP contribution in [0.5, 0.6) is 11.5 Å². The van der Waals surface area contributed by atoms with Crippen LogP contribution in [0.3, 0.4) is 0 Å². The first-order valence-electron chi connectivity index (χ1n) is 10.6. The Labute approximate surface area is 205 Å². The van der Waals surface area contributed by atoms with Crippen molar-refractivity contribution in [3.05, 3.63) is 118 Å². The number of anilines is 2. The van der Waals surface area contributed by atoms with Gasteiger partial charge in [0, 0.05) is 35.6 Å². The minimum atomic E-state index is -1.88. The van der Waals surface area contributed by atoms with E-state index in [2.05, 4.69) is 10.6 Å². The lowest BCUT2D eigenvalue weighted by molar-refractivity contribution is 0.404. The van der Waals surface area contributed by atoms with E-state index < -0.39 is 46.5 Å². The van der Waals surface area contributed by atoms with Crippen LogP contribution in [-0.2, 0) is 13.1 Å². The molecule has 0 aliphatic carbocycles. The van der Waals surface area contributed by atoms with Crippen molar-refractivity contribution < 1.29 is 39.9 Å². The Bertz CT molecular complexity index is 1320. The number of ether oxygens (including phenoxy) is 1. The van der Waals surface area contributed by atoms with E-state index in [1.807, 2.05) is 0 Å². The number of halogens is 8. The molecule has 0 saturated heterocycles. The molecule has 0 unspecified atom stereocenters. The van der Waals surface area contributed by atoms with Gasteiger partial charge in [0.1, 0.15) is 11.5 Å². The molecule has 0 amide bonds. The highest BCUT2D eigenvalue weighted by Gasteiger charge is 2.19. The van der Waals surface area contributed by atoms with Gasteiger partial charge in [0.15, 0.2) is 46.5 Å². The van der Waals surface area contributed by atoms with Crippen LogP contribution in [0.2, 0.25) is 0 Å². The molecule has 3 nitrogen and oxygen atoms in total. The van der Waals surface area contributed by atoms with E-state index >= 15 is 0 Å². The van der Waals surface area contributed by atoms with Gasteiger partial charge in [0.05, 0.1) is 0 Å². The standard InChI is InChI=1S/C26H16F8N2O/c27-19-9-13(21(29)25(33)23(19)31)11-35-15-1-5-17(6-2-15)37-18-7-3-16(4-8-18)36-12-14-10-20(28)24(32)26(34)22(14)30/h1-10,35-36H,11-12H2. The van der Waals surface area contributed by atoms with Crippen LogP contribution in [0.25, 0.3) is 0 Å². The minimum absolute atomic E-state index is 0.296. The van der Waals surface area contributed by atoms with Gasteiger partial charge in [-0.15, -0.1) is 0 Å². The van der Waals surface area contributed by atoms with Gasteiger partial charge in [0.25, 0.3) is 0 Å². The molecule has 37 heavy (non-hydrogen) atoms. The summed E-state index contributed by atoms with van der Waals surface area (Å²) in [4.78, 5) is 0. The number of nitrogens with one attached hydrogen (secondary N) is 2. The van der Waals surface area contributed by atoms with Gasteiger partial charge in [0.2, 0.25) is 0 Å². The lowest BCUT2D eigenvalue weighted by atomic mass is 10.1. The second-order valence-corrected chi connectivity index (χ2v) is 7.78. The monoisotopic (exact) mass is 524 g/mol. The summed E-state index contributed by atoms with van der Waals surface area (Å²) in [6.45, 7) is -0.592. The summed E-state index contributed by atoms with van der Waals surface area (Å²) in [5, 5.41) is 5.52. The Morgan fingerprint density at radius 2 is 0.811 bits per heavy atom. The first-order valence-corrected chi connectivity index (χ1v) is 10.6. The van der Waals surface area contributed by atoms with Crippen molar-refractivity contribution >= 4 is 11.4 Å². The molecule has 0 atom stereocenters. The number of rotatable bonds is 8. The summed E-state index contributed by atoms with van der Waals surface area (Å²) >= 11 is 0. The highest BCUT2D eigenvalue weighted by atomic mass is 19.2. The van der Waals surface area contributed by atoms with Crippen molar-refractivity contribution in [2.24, 2.45) is 0 Å². The molecule has 0 aliphatic heterocycles. The Hall–Kier alpha value is -4.28. The molecule has 0 saturated carbocycles. The van der Waals surface area contributed by atoms with Crippen LogP contribution in [0.4, 0.5) is 46.5 Å². The van der Waals surface area contributed by atoms with Gasteiger partial charge < -0.3 is 15.4 Å². The van der Waals surface area contributed by atoms with Crippen LogP contribution in [0, 0.1) is 46.5 Å². The van der Waals surface area contributed by atoms with Crippen molar-refractivity contribution in [2.45, 2.75) is 13.1 Å². The average molecular weight is 524 g/mol. The van der Waals surface area contributed by atoms with Crippen LogP contribution >= 0.6 is 0 Å². The van der Waals surface area contributed by atoms with Gasteiger partial charge >= 0.3 is 0 Å². The fraction of sp³-hybridized carbons (Fsp3) is 0.0769. The molecule has 0 aromatic heterocycles. The SMILES string of the molecule is Fc1cc(CNc2ccc(Oc3ccc(NCc4cc(F)c(F)c(F)c4F)cc3)cc2)c(F)c(F)c1F. The molecule has 2 N–H and O–H groups in total. The lowest BCUT2D eigenvalue weighted by Crippen LogP contribution is -2.06. The maximum Gasteiger partial charge on any atom is 0.197 e. The largest absolute Gasteiger partial charge is 0.457 e. The smallest absolute Gasteiger partial charge is 0.197 e. The highest BCUT2D eigenvalue weighted by molar-refractivity contribution is 5.50. The van der Waals surface area contributed by atoms with E-state index in [4.69, 9.17) is 4.74 Å². The third kappa shape index (κ3) is 5.76. The van der Waals surface area contributed by atoms with Crippen LogP contribution in [-0.4, -0.2) is 0 Å². The zero-order valence-electron chi connectivity index (χ0n) is 18.6. The first kappa shape index (κ1) is 25.8. The van der Waals surface area contributed by atoms with Gasteiger partial charge in [-0.25, -0.2) is 35.1 Å². The van der Waals surface area contributed by atoms with Gasteiger partial charge in [-0.1, -0.05) is 0 Å². The zero-order chi connectivity index (χ0) is 26.7. The fourth-order valence-electron chi connectivity index (χ4n) is 3.31. The summed E-state index contributed by atoms with van der Waals surface area (Å²) < 4.78 is 113. The van der Waals surface area contributed by atoms with Crippen LogP contribution < -0.4 is 15.4 Å². The van der Waals surface area contributed by atoms with E-state index in [1.165, 1.54) is 0 Å². The highest BCUT2D eigenvalue weighted by Crippen LogP contribution is 2.26. The Morgan fingerprint density at radius 1 is 0.459 bits per heavy atom. The van der Waals surface area contributed by atoms with Gasteiger partial charge in [-0.3, -0.25) is 0 Å². The molecular weight excluding hydrogens is 508 g/mol. The van der Waals surface area contributed by atoms with E-state index in [0.29, 0.717) is 35.0 Å². The van der Waals surface area contributed by atoms with Crippen molar-refractivity contribution in [1.82, 2.24) is 0 Å². The third-order valence-electron chi connectivity index (χ3n) is 5.27. The Kier molecular flexibility index (Phi) is 7.51. The number of benzene rings is 4. The number of hydrogen-bond acceptors (Lipinski definition) is 3. The lowest BCUT2D eigenvalue weighted by Gasteiger charge is -2.11. The summed E-state index contributed by atoms with van der Waals surface area (Å²) in [6, 6.07) is 13.7. The summed E-state index contributed by atoms with van der Waals surface area (Å²) in [5.74, 6) is -12.6. The molecule has 11 heteroatoms. The van der Waals surface area contributed by atoms with Crippen LogP contribution in [0.1, 0.15) is 11.1 Å². The predicted octanol–water partition coefficient (Wildman–Crippen LogP) is 7.82. The maximum absolute atomic E-state index is 13.8. The molecule has 4 rings (SSSR count). The quantitative estimate of drug-likeness (QED) is 0.140. The summed E-state index contributed by atoms with van der Waals surface area (Å²) in [7, 11) is 0. The zero-order valence-corrected chi connectivity index (χ0v) is 18.6. The molecular formula is C26H16F8N2O. The fourth-order valence-corrected chi connectivity index (χ4v) is 3.31. The third-order valence-corrected chi connectivity index (χ3v) is 5.27. The Morgan fingerprint density at radius 3 is 1.16 bits per heavy atom. The normalized spacial score (nSPS) is 10.9. The molecule has 0 radical (unpaired) electrons. The molecule has 4 aromatic carbocycles. The van der Waals surface area contributed by atoms with E-state index in [0.717, 1.165) is 0 Å². The Balaban J connectivity index is 1.33. The molecule has 0 spiro atoms. The average Bonchev–Trinajstić information content (AvgIpc) is 2.90. The number of hydrogen-bond donors (Lipinski definition) is 2. The first-order chi connectivity index (χ1) is 17.6. The van der Waals surface area contributed by atoms with E-state index in [-0.39, 0.29) is 24.2 Å². The molecule has 0 fully saturated rings. The van der Waals surface area contributed by atoms with E-state index in [9.17, 15) is 35.1 Å². The second-order valence-electron chi connectivity index (χ2n) is 7.78. The molecule has 192 valence electrons. The molecule has 4 aromatic rings. The molecule has 0 aliphatic rings. The van der Waals surface area contributed by atoms with E-state index in [1.54, 1.807) is 48.5 Å². The maximum atomic E-state index is 13.8. The van der Waals surface area contributed by atoms with Crippen molar-refractivity contribution in [1.29, 1.82) is 0 Å². The van der Waals surface area contributed by atoms with Gasteiger partial charge in [-0.2, -0.15) is 0 Å². The topological polar surface area (TPSA) is 33.3 Å². The van der Waals surface area contributed by atoms with Crippen molar-refractivity contribution in [3.8, 4) is 11.5 Å². The van der Waals surface area contributed by atoms with Crippen LogP contribution in [0.15, 0.2) is 60.7 Å².